The Labute approximate surface area is 87.3 Å². The maximum Gasteiger partial charge on any atom is 0.126 e. The second kappa shape index (κ2) is 5.22. The van der Waals surface area contributed by atoms with E-state index in [1.165, 1.54) is 23.9 Å². The number of hydrogen-bond donors (Lipinski definition) is 2. The van der Waals surface area contributed by atoms with Crippen molar-refractivity contribution in [3.05, 3.63) is 24.0 Å². The van der Waals surface area contributed by atoms with Crippen LogP contribution in [-0.4, -0.2) is 17.5 Å². The first-order valence-corrected chi connectivity index (χ1v) is 5.40. The number of nitrogens with two attached hydrogens (primary N) is 1. The number of aliphatic hydroxyl groups is 1. The highest BCUT2D eigenvalue weighted by Gasteiger charge is 2.03. The fourth-order valence-corrected chi connectivity index (χ4v) is 1.96. The first-order valence-electron chi connectivity index (χ1n) is 4.41. The summed E-state index contributed by atoms with van der Waals surface area (Å²) in [6.45, 7) is 2.09. The molecule has 3 N–H and O–H groups in total. The van der Waals surface area contributed by atoms with Crippen molar-refractivity contribution in [1.82, 2.24) is 0 Å². The van der Waals surface area contributed by atoms with Crippen LogP contribution in [0.5, 0.6) is 0 Å². The minimum absolute atomic E-state index is 0.151. The summed E-state index contributed by atoms with van der Waals surface area (Å²) in [5, 5.41) is 8.81. The monoisotopic (exact) mass is 215 g/mol. The third-order valence-electron chi connectivity index (χ3n) is 1.74. The predicted molar refractivity (Wildman–Crippen MR) is 57.8 cm³/mol. The molecule has 2 nitrogen and oxygen atoms in total. The van der Waals surface area contributed by atoms with E-state index in [9.17, 15) is 4.39 Å². The van der Waals surface area contributed by atoms with Crippen molar-refractivity contribution < 1.29 is 9.50 Å². The predicted octanol–water partition coefficient (Wildman–Crippen LogP) is 2.13. The zero-order chi connectivity index (χ0) is 10.6. The van der Waals surface area contributed by atoms with E-state index in [2.05, 4.69) is 0 Å². The SMILES string of the molecule is CC(CO)CSc1cc(N)cc(F)c1. The van der Waals surface area contributed by atoms with Gasteiger partial charge >= 0.3 is 0 Å². The van der Waals surface area contributed by atoms with Crippen molar-refractivity contribution in [1.29, 1.82) is 0 Å². The molecule has 0 spiro atoms. The standard InChI is InChI=1S/C10H14FNOS/c1-7(5-13)6-14-10-3-8(11)2-9(12)4-10/h2-4,7,13H,5-6,12H2,1H3. The lowest BCUT2D eigenvalue weighted by molar-refractivity contribution is 0.250. The van der Waals surface area contributed by atoms with E-state index < -0.39 is 0 Å². The average Bonchev–Trinajstić information content (AvgIpc) is 2.12. The van der Waals surface area contributed by atoms with Crippen molar-refractivity contribution in [2.24, 2.45) is 5.92 Å². The second-order valence-corrected chi connectivity index (χ2v) is 4.41. The average molecular weight is 215 g/mol. The zero-order valence-electron chi connectivity index (χ0n) is 8.03. The molecule has 0 aliphatic rings. The quantitative estimate of drug-likeness (QED) is 0.597. The molecule has 4 heteroatoms. The Bertz CT molecular complexity index is 286. The second-order valence-electron chi connectivity index (χ2n) is 3.32. The van der Waals surface area contributed by atoms with E-state index in [-0.39, 0.29) is 18.3 Å². The Hall–Kier alpha value is -0.740. The molecule has 1 unspecified atom stereocenters. The first kappa shape index (κ1) is 11.3. The van der Waals surface area contributed by atoms with Crippen molar-refractivity contribution in [2.75, 3.05) is 18.1 Å². The van der Waals surface area contributed by atoms with Crippen LogP contribution in [0.4, 0.5) is 10.1 Å². The highest BCUT2D eigenvalue weighted by atomic mass is 32.2. The van der Waals surface area contributed by atoms with E-state index in [0.717, 1.165) is 10.6 Å². The van der Waals surface area contributed by atoms with E-state index in [0.29, 0.717) is 5.69 Å². The van der Waals surface area contributed by atoms with Gasteiger partial charge in [-0.25, -0.2) is 4.39 Å². The maximum atomic E-state index is 12.9. The molecule has 0 fully saturated rings. The lowest BCUT2D eigenvalue weighted by Gasteiger charge is -2.07. The molecule has 0 saturated carbocycles. The van der Waals surface area contributed by atoms with E-state index in [4.69, 9.17) is 10.8 Å². The lowest BCUT2D eigenvalue weighted by atomic mass is 10.2. The molecular weight excluding hydrogens is 201 g/mol. The molecular formula is C10H14FNOS. The van der Waals surface area contributed by atoms with Crippen LogP contribution in [0.3, 0.4) is 0 Å². The first-order chi connectivity index (χ1) is 6.61. The number of hydrogen-bond acceptors (Lipinski definition) is 3. The Balaban J connectivity index is 2.58. The maximum absolute atomic E-state index is 12.9. The number of halogens is 1. The summed E-state index contributed by atoms with van der Waals surface area (Å²) in [6.07, 6.45) is 0. The summed E-state index contributed by atoms with van der Waals surface area (Å²) < 4.78 is 12.9. The van der Waals surface area contributed by atoms with Gasteiger partial charge in [0.15, 0.2) is 0 Å². The summed E-state index contributed by atoms with van der Waals surface area (Å²) in [7, 11) is 0. The highest BCUT2D eigenvalue weighted by molar-refractivity contribution is 7.99. The van der Waals surface area contributed by atoms with Crippen LogP contribution in [-0.2, 0) is 0 Å². The van der Waals surface area contributed by atoms with Gasteiger partial charge in [-0.3, -0.25) is 0 Å². The fraction of sp³-hybridized carbons (Fsp3) is 0.400. The molecule has 1 rings (SSSR count). The molecule has 1 aromatic carbocycles. The van der Waals surface area contributed by atoms with Gasteiger partial charge in [0.1, 0.15) is 5.82 Å². The molecule has 0 saturated heterocycles. The van der Waals surface area contributed by atoms with Gasteiger partial charge in [0.2, 0.25) is 0 Å². The topological polar surface area (TPSA) is 46.2 Å². The van der Waals surface area contributed by atoms with Crippen molar-refractivity contribution in [3.63, 3.8) is 0 Å². The van der Waals surface area contributed by atoms with Gasteiger partial charge in [-0.1, -0.05) is 6.92 Å². The lowest BCUT2D eigenvalue weighted by Crippen LogP contribution is -2.03. The largest absolute Gasteiger partial charge is 0.399 e. The van der Waals surface area contributed by atoms with Gasteiger partial charge < -0.3 is 10.8 Å². The Morgan fingerprint density at radius 2 is 2.21 bits per heavy atom. The molecule has 0 bridgehead atoms. The van der Waals surface area contributed by atoms with Gasteiger partial charge in [-0.05, 0) is 24.1 Å². The fourth-order valence-electron chi connectivity index (χ4n) is 0.959. The molecule has 1 atom stereocenters. The summed E-state index contributed by atoms with van der Waals surface area (Å²) >= 11 is 1.50. The van der Waals surface area contributed by atoms with Crippen LogP contribution in [0.15, 0.2) is 23.1 Å². The van der Waals surface area contributed by atoms with Crippen molar-refractivity contribution in [3.8, 4) is 0 Å². The molecule has 0 aromatic heterocycles. The van der Waals surface area contributed by atoms with Crippen LogP contribution < -0.4 is 5.73 Å². The van der Waals surface area contributed by atoms with Gasteiger partial charge in [0.25, 0.3) is 0 Å². The smallest absolute Gasteiger partial charge is 0.126 e. The van der Waals surface area contributed by atoms with Crippen LogP contribution in [0.2, 0.25) is 0 Å². The summed E-state index contributed by atoms with van der Waals surface area (Å²) in [4.78, 5) is 0.808. The minimum atomic E-state index is -0.316. The number of thioether (sulfide) groups is 1. The molecule has 0 amide bonds. The van der Waals surface area contributed by atoms with Crippen molar-refractivity contribution >= 4 is 17.4 Å². The van der Waals surface area contributed by atoms with Gasteiger partial charge in [0, 0.05) is 22.9 Å². The summed E-state index contributed by atoms with van der Waals surface area (Å²) in [5.74, 6) is 0.660. The van der Waals surface area contributed by atoms with Crippen LogP contribution in [0, 0.1) is 11.7 Å². The minimum Gasteiger partial charge on any atom is -0.399 e. The van der Waals surface area contributed by atoms with Crippen LogP contribution in [0.1, 0.15) is 6.92 Å². The van der Waals surface area contributed by atoms with E-state index in [1.54, 1.807) is 6.07 Å². The van der Waals surface area contributed by atoms with Gasteiger partial charge in [-0.2, -0.15) is 0 Å². The third-order valence-corrected chi connectivity index (χ3v) is 3.04. The highest BCUT2D eigenvalue weighted by Crippen LogP contribution is 2.23. The Morgan fingerprint density at radius 3 is 2.79 bits per heavy atom. The molecule has 14 heavy (non-hydrogen) atoms. The number of rotatable bonds is 4. The van der Waals surface area contributed by atoms with Gasteiger partial charge in [0.05, 0.1) is 0 Å². The number of anilines is 1. The molecule has 78 valence electrons. The van der Waals surface area contributed by atoms with E-state index >= 15 is 0 Å². The van der Waals surface area contributed by atoms with Crippen LogP contribution in [0.25, 0.3) is 0 Å². The zero-order valence-corrected chi connectivity index (χ0v) is 8.85. The molecule has 1 aromatic rings. The number of aliphatic hydroxyl groups excluding tert-OH is 1. The molecule has 0 radical (unpaired) electrons. The number of nitrogen functional groups attached to an aromatic ring is 1. The molecule has 0 aliphatic carbocycles. The summed E-state index contributed by atoms with van der Waals surface area (Å²) in [5.41, 5.74) is 5.93. The molecule has 0 heterocycles. The Kier molecular flexibility index (Phi) is 4.22. The van der Waals surface area contributed by atoms with Gasteiger partial charge in [-0.15, -0.1) is 11.8 Å². The van der Waals surface area contributed by atoms with Crippen molar-refractivity contribution in [2.45, 2.75) is 11.8 Å². The Morgan fingerprint density at radius 1 is 1.50 bits per heavy atom. The normalized spacial score (nSPS) is 12.8. The third kappa shape index (κ3) is 3.55. The number of benzene rings is 1. The molecule has 0 aliphatic heterocycles. The summed E-state index contributed by atoms with van der Waals surface area (Å²) in [6, 6.07) is 4.47. The van der Waals surface area contributed by atoms with Crippen LogP contribution >= 0.6 is 11.8 Å². The van der Waals surface area contributed by atoms with E-state index in [1.807, 2.05) is 6.92 Å².